The van der Waals surface area contributed by atoms with E-state index in [0.717, 1.165) is 12.8 Å². The van der Waals surface area contributed by atoms with Gasteiger partial charge in [0, 0.05) is 17.3 Å². The molecular weight excluding hydrogens is 335 g/mol. The van der Waals surface area contributed by atoms with Crippen molar-refractivity contribution >= 4 is 17.5 Å². The Kier molecular flexibility index (Phi) is 4.93. The Morgan fingerprint density at radius 1 is 1.04 bits per heavy atom. The fourth-order valence-corrected chi connectivity index (χ4v) is 2.33. The van der Waals surface area contributed by atoms with Crippen LogP contribution >= 0.6 is 0 Å². The molecule has 1 saturated carbocycles. The maximum absolute atomic E-state index is 13.0. The van der Waals surface area contributed by atoms with Gasteiger partial charge in [0.1, 0.15) is 11.6 Å². The van der Waals surface area contributed by atoms with E-state index in [1.54, 1.807) is 38.1 Å². The van der Waals surface area contributed by atoms with Gasteiger partial charge in [-0.3, -0.25) is 9.59 Å². The van der Waals surface area contributed by atoms with Gasteiger partial charge in [0.2, 0.25) is 0 Å². The maximum Gasteiger partial charge on any atom is 0.267 e. The van der Waals surface area contributed by atoms with Crippen LogP contribution in [0.1, 0.15) is 37.0 Å². The molecule has 136 valence electrons. The summed E-state index contributed by atoms with van der Waals surface area (Å²) in [6.07, 6.45) is 2.06. The molecule has 0 aliphatic heterocycles. The molecule has 6 heteroatoms. The van der Waals surface area contributed by atoms with Crippen LogP contribution in [-0.2, 0) is 4.79 Å². The van der Waals surface area contributed by atoms with Gasteiger partial charge in [0.25, 0.3) is 11.8 Å². The molecule has 0 unspecified atom stereocenters. The molecule has 2 aromatic rings. The summed E-state index contributed by atoms with van der Waals surface area (Å²) in [5.74, 6) is -0.425. The topological polar surface area (TPSA) is 67.4 Å². The Morgan fingerprint density at radius 2 is 1.65 bits per heavy atom. The van der Waals surface area contributed by atoms with Crippen LogP contribution < -0.4 is 15.4 Å². The van der Waals surface area contributed by atoms with Crippen LogP contribution in [0.2, 0.25) is 0 Å². The number of rotatable bonds is 6. The Hall–Kier alpha value is -2.89. The first-order chi connectivity index (χ1) is 12.3. The van der Waals surface area contributed by atoms with Crippen LogP contribution in [0.5, 0.6) is 5.75 Å². The SMILES string of the molecule is CC(C)(Oc1ccc(F)cc1)C(=O)Nc1ccc(C(=O)NC2CC2)cc1. The monoisotopic (exact) mass is 356 g/mol. The minimum Gasteiger partial charge on any atom is -0.478 e. The van der Waals surface area contributed by atoms with E-state index in [-0.39, 0.29) is 17.6 Å². The molecule has 1 fully saturated rings. The lowest BCUT2D eigenvalue weighted by Gasteiger charge is -2.25. The summed E-state index contributed by atoms with van der Waals surface area (Å²) in [6.45, 7) is 3.26. The van der Waals surface area contributed by atoms with Crippen molar-refractivity contribution in [3.63, 3.8) is 0 Å². The van der Waals surface area contributed by atoms with Gasteiger partial charge in [-0.1, -0.05) is 0 Å². The zero-order valence-electron chi connectivity index (χ0n) is 14.7. The van der Waals surface area contributed by atoms with Crippen molar-refractivity contribution in [3.05, 3.63) is 59.9 Å². The van der Waals surface area contributed by atoms with E-state index in [0.29, 0.717) is 23.0 Å². The van der Waals surface area contributed by atoms with Gasteiger partial charge in [0.05, 0.1) is 0 Å². The van der Waals surface area contributed by atoms with Gasteiger partial charge >= 0.3 is 0 Å². The standard InChI is InChI=1S/C20H21FN2O3/c1-20(2,26-17-11-5-14(21)6-12-17)19(25)23-16-7-3-13(4-8-16)18(24)22-15-9-10-15/h3-8,11-12,15H,9-10H2,1-2H3,(H,22,24)(H,23,25). The van der Waals surface area contributed by atoms with Crippen molar-refractivity contribution < 1.29 is 18.7 Å². The van der Waals surface area contributed by atoms with Gasteiger partial charge < -0.3 is 15.4 Å². The predicted octanol–water partition coefficient (Wildman–Crippen LogP) is 3.51. The number of benzene rings is 2. The maximum atomic E-state index is 13.0. The molecule has 0 atom stereocenters. The molecule has 0 spiro atoms. The van der Waals surface area contributed by atoms with Crippen LogP contribution in [0.15, 0.2) is 48.5 Å². The Balaban J connectivity index is 1.60. The third-order valence-electron chi connectivity index (χ3n) is 4.05. The second kappa shape index (κ2) is 7.15. The lowest BCUT2D eigenvalue weighted by Crippen LogP contribution is -2.42. The van der Waals surface area contributed by atoms with Gasteiger partial charge in [-0.2, -0.15) is 0 Å². The number of carbonyl (C=O) groups is 2. The summed E-state index contributed by atoms with van der Waals surface area (Å²) < 4.78 is 18.6. The van der Waals surface area contributed by atoms with E-state index in [1.807, 2.05) is 0 Å². The molecular formula is C20H21FN2O3. The highest BCUT2D eigenvalue weighted by Gasteiger charge is 2.30. The highest BCUT2D eigenvalue weighted by Crippen LogP contribution is 2.22. The molecule has 0 heterocycles. The molecule has 1 aliphatic carbocycles. The van der Waals surface area contributed by atoms with Crippen LogP contribution in [0.25, 0.3) is 0 Å². The highest BCUT2D eigenvalue weighted by atomic mass is 19.1. The molecule has 0 aromatic heterocycles. The van der Waals surface area contributed by atoms with E-state index in [2.05, 4.69) is 10.6 Å². The van der Waals surface area contributed by atoms with E-state index < -0.39 is 5.60 Å². The smallest absolute Gasteiger partial charge is 0.267 e. The molecule has 1 aliphatic rings. The summed E-state index contributed by atoms with van der Waals surface area (Å²) in [4.78, 5) is 24.5. The number of carbonyl (C=O) groups excluding carboxylic acids is 2. The first-order valence-electron chi connectivity index (χ1n) is 8.50. The number of nitrogens with one attached hydrogen (secondary N) is 2. The number of hydrogen-bond acceptors (Lipinski definition) is 3. The zero-order valence-corrected chi connectivity index (χ0v) is 14.7. The number of anilines is 1. The first kappa shape index (κ1) is 17.9. The van der Waals surface area contributed by atoms with Crippen molar-refractivity contribution in [3.8, 4) is 5.75 Å². The molecule has 0 saturated heterocycles. The predicted molar refractivity (Wildman–Crippen MR) is 96.7 cm³/mol. The Morgan fingerprint density at radius 3 is 2.23 bits per heavy atom. The summed E-state index contributed by atoms with van der Waals surface area (Å²) in [6, 6.07) is 12.5. The molecule has 2 aromatic carbocycles. The quantitative estimate of drug-likeness (QED) is 0.832. The molecule has 26 heavy (non-hydrogen) atoms. The van der Waals surface area contributed by atoms with Gasteiger partial charge in [-0.25, -0.2) is 4.39 Å². The lowest BCUT2D eigenvalue weighted by atomic mass is 10.1. The molecule has 5 nitrogen and oxygen atoms in total. The van der Waals surface area contributed by atoms with Gasteiger partial charge in [-0.05, 0) is 75.2 Å². The van der Waals surface area contributed by atoms with Crippen LogP contribution in [0.3, 0.4) is 0 Å². The minimum absolute atomic E-state index is 0.106. The average molecular weight is 356 g/mol. The number of hydrogen-bond donors (Lipinski definition) is 2. The summed E-state index contributed by atoms with van der Waals surface area (Å²) in [5.41, 5.74) is -0.0367. The zero-order chi connectivity index (χ0) is 18.7. The van der Waals surface area contributed by atoms with E-state index in [4.69, 9.17) is 4.74 Å². The van der Waals surface area contributed by atoms with Crippen molar-refractivity contribution in [2.45, 2.75) is 38.3 Å². The van der Waals surface area contributed by atoms with Crippen molar-refractivity contribution in [1.29, 1.82) is 0 Å². The fourth-order valence-electron chi connectivity index (χ4n) is 2.33. The fraction of sp³-hybridized carbons (Fsp3) is 0.300. The Bertz CT molecular complexity index is 797. The minimum atomic E-state index is -1.15. The second-order valence-electron chi connectivity index (χ2n) is 6.85. The van der Waals surface area contributed by atoms with Gasteiger partial charge in [-0.15, -0.1) is 0 Å². The second-order valence-corrected chi connectivity index (χ2v) is 6.85. The van der Waals surface area contributed by atoms with Crippen molar-refractivity contribution in [2.24, 2.45) is 0 Å². The molecule has 2 amide bonds. The van der Waals surface area contributed by atoms with Crippen molar-refractivity contribution in [2.75, 3.05) is 5.32 Å². The summed E-state index contributed by atoms with van der Waals surface area (Å²) >= 11 is 0. The molecule has 0 radical (unpaired) electrons. The average Bonchev–Trinajstić information content (AvgIpc) is 3.41. The number of ether oxygens (including phenoxy) is 1. The van der Waals surface area contributed by atoms with Crippen LogP contribution in [-0.4, -0.2) is 23.5 Å². The molecule has 3 rings (SSSR count). The highest BCUT2D eigenvalue weighted by molar-refractivity contribution is 5.98. The third-order valence-corrected chi connectivity index (χ3v) is 4.05. The van der Waals surface area contributed by atoms with E-state index >= 15 is 0 Å². The van der Waals surface area contributed by atoms with E-state index in [9.17, 15) is 14.0 Å². The lowest BCUT2D eigenvalue weighted by molar-refractivity contribution is -0.128. The Labute approximate surface area is 151 Å². The van der Waals surface area contributed by atoms with Gasteiger partial charge in [0.15, 0.2) is 5.60 Å². The normalized spacial score (nSPS) is 13.8. The van der Waals surface area contributed by atoms with E-state index in [1.165, 1.54) is 24.3 Å². The molecule has 0 bridgehead atoms. The first-order valence-corrected chi connectivity index (χ1v) is 8.50. The number of amides is 2. The summed E-state index contributed by atoms with van der Waals surface area (Å²) in [7, 11) is 0. The largest absolute Gasteiger partial charge is 0.478 e. The number of halogens is 1. The van der Waals surface area contributed by atoms with Crippen LogP contribution in [0, 0.1) is 5.82 Å². The van der Waals surface area contributed by atoms with Crippen molar-refractivity contribution in [1.82, 2.24) is 5.32 Å². The summed E-state index contributed by atoms with van der Waals surface area (Å²) in [5, 5.41) is 5.68. The molecule has 2 N–H and O–H groups in total. The van der Waals surface area contributed by atoms with Crippen LogP contribution in [0.4, 0.5) is 10.1 Å². The third kappa shape index (κ3) is 4.59.